The SMILES string of the molecule is COc1ccc(/C=C(\NC(C)=O)C(=O)Nc2ccc(C)c(Cl)c2)cc1OC. The topological polar surface area (TPSA) is 76.7 Å². The zero-order chi connectivity index (χ0) is 20.0. The van der Waals surface area contributed by atoms with Crippen LogP contribution in [0.2, 0.25) is 5.02 Å². The Bertz CT molecular complexity index is 894. The van der Waals surface area contributed by atoms with Crippen LogP contribution >= 0.6 is 11.6 Å². The molecule has 0 aromatic heterocycles. The molecule has 2 rings (SSSR count). The monoisotopic (exact) mass is 388 g/mol. The Morgan fingerprint density at radius 1 is 1.04 bits per heavy atom. The Morgan fingerprint density at radius 3 is 2.33 bits per heavy atom. The van der Waals surface area contributed by atoms with E-state index in [1.54, 1.807) is 42.5 Å². The number of carbonyl (C=O) groups excluding carboxylic acids is 2. The second-order valence-electron chi connectivity index (χ2n) is 5.77. The number of nitrogens with one attached hydrogen (secondary N) is 2. The lowest BCUT2D eigenvalue weighted by Gasteiger charge is -2.12. The van der Waals surface area contributed by atoms with Crippen LogP contribution < -0.4 is 20.1 Å². The molecule has 0 bridgehead atoms. The van der Waals surface area contributed by atoms with Crippen molar-refractivity contribution in [3.8, 4) is 11.5 Å². The van der Waals surface area contributed by atoms with E-state index in [1.807, 2.05) is 6.92 Å². The van der Waals surface area contributed by atoms with Crippen LogP contribution in [0.1, 0.15) is 18.1 Å². The largest absolute Gasteiger partial charge is 0.493 e. The summed E-state index contributed by atoms with van der Waals surface area (Å²) in [5.41, 5.74) is 2.18. The van der Waals surface area contributed by atoms with Crippen molar-refractivity contribution in [1.29, 1.82) is 0 Å². The van der Waals surface area contributed by atoms with Gasteiger partial charge in [-0.2, -0.15) is 0 Å². The number of aryl methyl sites for hydroxylation is 1. The van der Waals surface area contributed by atoms with Gasteiger partial charge in [-0.15, -0.1) is 0 Å². The summed E-state index contributed by atoms with van der Waals surface area (Å²) >= 11 is 6.09. The number of halogens is 1. The first-order valence-electron chi connectivity index (χ1n) is 8.13. The second kappa shape index (κ2) is 9.09. The summed E-state index contributed by atoms with van der Waals surface area (Å²) in [6.45, 7) is 3.20. The number of hydrogen-bond acceptors (Lipinski definition) is 4. The molecule has 0 aliphatic rings. The summed E-state index contributed by atoms with van der Waals surface area (Å²) in [7, 11) is 3.06. The predicted octanol–water partition coefficient (Wildman–Crippen LogP) is 3.78. The predicted molar refractivity (Wildman–Crippen MR) is 106 cm³/mol. The molecule has 0 aliphatic heterocycles. The molecule has 0 saturated heterocycles. The van der Waals surface area contributed by atoms with E-state index in [4.69, 9.17) is 21.1 Å². The molecule has 27 heavy (non-hydrogen) atoms. The first-order valence-corrected chi connectivity index (χ1v) is 8.50. The fraction of sp³-hybridized carbons (Fsp3) is 0.200. The average molecular weight is 389 g/mol. The molecule has 142 valence electrons. The summed E-state index contributed by atoms with van der Waals surface area (Å²) in [4.78, 5) is 24.2. The molecule has 7 heteroatoms. The van der Waals surface area contributed by atoms with E-state index in [0.29, 0.717) is 27.8 Å². The van der Waals surface area contributed by atoms with Crippen LogP contribution in [0.15, 0.2) is 42.1 Å². The molecule has 2 aromatic carbocycles. The molecule has 2 N–H and O–H groups in total. The minimum atomic E-state index is -0.472. The maximum Gasteiger partial charge on any atom is 0.272 e. The van der Waals surface area contributed by atoms with Crippen molar-refractivity contribution in [1.82, 2.24) is 5.32 Å². The number of ether oxygens (including phenoxy) is 2. The van der Waals surface area contributed by atoms with Crippen LogP contribution in [0.3, 0.4) is 0 Å². The van der Waals surface area contributed by atoms with Gasteiger partial charge in [0.2, 0.25) is 5.91 Å². The normalized spacial score (nSPS) is 10.9. The van der Waals surface area contributed by atoms with Crippen LogP contribution in [0, 0.1) is 6.92 Å². The summed E-state index contributed by atoms with van der Waals surface area (Å²) in [6.07, 6.45) is 1.55. The smallest absolute Gasteiger partial charge is 0.272 e. The quantitative estimate of drug-likeness (QED) is 0.738. The van der Waals surface area contributed by atoms with E-state index >= 15 is 0 Å². The van der Waals surface area contributed by atoms with Crippen molar-refractivity contribution >= 4 is 35.2 Å². The summed E-state index contributed by atoms with van der Waals surface area (Å²) in [6, 6.07) is 10.4. The second-order valence-corrected chi connectivity index (χ2v) is 6.18. The summed E-state index contributed by atoms with van der Waals surface area (Å²) in [5, 5.41) is 5.81. The third-order valence-electron chi connectivity index (χ3n) is 3.70. The van der Waals surface area contributed by atoms with Crippen molar-refractivity contribution < 1.29 is 19.1 Å². The van der Waals surface area contributed by atoms with Gasteiger partial charge in [0.05, 0.1) is 14.2 Å². The minimum Gasteiger partial charge on any atom is -0.493 e. The number of methoxy groups -OCH3 is 2. The minimum absolute atomic E-state index is 0.0893. The van der Waals surface area contributed by atoms with E-state index in [9.17, 15) is 9.59 Å². The van der Waals surface area contributed by atoms with Gasteiger partial charge in [-0.3, -0.25) is 9.59 Å². The maximum absolute atomic E-state index is 12.6. The van der Waals surface area contributed by atoms with Gasteiger partial charge in [-0.1, -0.05) is 23.7 Å². The van der Waals surface area contributed by atoms with Gasteiger partial charge in [0.1, 0.15) is 5.70 Å². The van der Waals surface area contributed by atoms with Gasteiger partial charge in [0, 0.05) is 17.6 Å². The highest BCUT2D eigenvalue weighted by molar-refractivity contribution is 6.31. The highest BCUT2D eigenvalue weighted by atomic mass is 35.5. The Labute approximate surface area is 163 Å². The van der Waals surface area contributed by atoms with Gasteiger partial charge in [0.25, 0.3) is 5.91 Å². The lowest BCUT2D eigenvalue weighted by molar-refractivity contribution is -0.120. The molecule has 0 radical (unpaired) electrons. The first kappa shape index (κ1) is 20.3. The molecule has 2 amide bonds. The Balaban J connectivity index is 2.33. The van der Waals surface area contributed by atoms with Crippen LogP contribution in [0.25, 0.3) is 6.08 Å². The van der Waals surface area contributed by atoms with Crippen LogP contribution in [-0.2, 0) is 9.59 Å². The van der Waals surface area contributed by atoms with Crippen molar-refractivity contribution in [2.24, 2.45) is 0 Å². The zero-order valence-electron chi connectivity index (χ0n) is 15.6. The maximum atomic E-state index is 12.6. The molecule has 0 unspecified atom stereocenters. The van der Waals surface area contributed by atoms with E-state index in [-0.39, 0.29) is 11.6 Å². The van der Waals surface area contributed by atoms with Gasteiger partial charge in [0.15, 0.2) is 11.5 Å². The van der Waals surface area contributed by atoms with Crippen LogP contribution in [0.4, 0.5) is 5.69 Å². The Kier molecular flexibility index (Phi) is 6.85. The van der Waals surface area contributed by atoms with E-state index in [1.165, 1.54) is 21.1 Å². The molecule has 0 heterocycles. The molecule has 0 saturated carbocycles. The first-order chi connectivity index (χ1) is 12.8. The molecule has 0 atom stereocenters. The molecular formula is C20H21ClN2O4. The highest BCUT2D eigenvalue weighted by Crippen LogP contribution is 2.28. The molecule has 6 nitrogen and oxygen atoms in total. The standard InChI is InChI=1S/C20H21ClN2O4/c1-12-5-7-15(11-16(12)21)23-20(25)17(22-13(2)24)9-14-6-8-18(26-3)19(10-14)27-4/h5-11H,1-4H3,(H,22,24)(H,23,25)/b17-9-. The Morgan fingerprint density at radius 2 is 1.74 bits per heavy atom. The number of rotatable bonds is 6. The van der Waals surface area contributed by atoms with E-state index in [0.717, 1.165) is 5.56 Å². The van der Waals surface area contributed by atoms with Crippen molar-refractivity contribution in [2.45, 2.75) is 13.8 Å². The number of amides is 2. The number of hydrogen-bond donors (Lipinski definition) is 2. The van der Waals surface area contributed by atoms with Crippen molar-refractivity contribution in [3.63, 3.8) is 0 Å². The third kappa shape index (κ3) is 5.49. The van der Waals surface area contributed by atoms with Crippen LogP contribution in [0.5, 0.6) is 11.5 Å². The van der Waals surface area contributed by atoms with Crippen LogP contribution in [-0.4, -0.2) is 26.0 Å². The third-order valence-corrected chi connectivity index (χ3v) is 4.11. The number of benzene rings is 2. The molecular weight excluding hydrogens is 368 g/mol. The summed E-state index contributed by atoms with van der Waals surface area (Å²) < 4.78 is 10.5. The lowest BCUT2D eigenvalue weighted by atomic mass is 10.1. The van der Waals surface area contributed by atoms with Gasteiger partial charge in [-0.25, -0.2) is 0 Å². The van der Waals surface area contributed by atoms with Gasteiger partial charge >= 0.3 is 0 Å². The molecule has 0 fully saturated rings. The molecule has 0 aliphatic carbocycles. The zero-order valence-corrected chi connectivity index (χ0v) is 16.3. The fourth-order valence-corrected chi connectivity index (χ4v) is 2.51. The van der Waals surface area contributed by atoms with Gasteiger partial charge < -0.3 is 20.1 Å². The number of carbonyl (C=O) groups is 2. The van der Waals surface area contributed by atoms with E-state index < -0.39 is 5.91 Å². The number of anilines is 1. The Hall–Kier alpha value is -2.99. The lowest BCUT2D eigenvalue weighted by Crippen LogP contribution is -2.28. The van der Waals surface area contributed by atoms with E-state index in [2.05, 4.69) is 10.6 Å². The van der Waals surface area contributed by atoms with Crippen molar-refractivity contribution in [2.75, 3.05) is 19.5 Å². The summed E-state index contributed by atoms with van der Waals surface area (Å²) in [5.74, 6) is 0.243. The molecule has 2 aromatic rings. The average Bonchev–Trinajstić information content (AvgIpc) is 2.63. The van der Waals surface area contributed by atoms with Gasteiger partial charge in [-0.05, 0) is 48.4 Å². The van der Waals surface area contributed by atoms with Crippen molar-refractivity contribution in [3.05, 3.63) is 58.2 Å². The highest BCUT2D eigenvalue weighted by Gasteiger charge is 2.13. The molecule has 0 spiro atoms. The fourth-order valence-electron chi connectivity index (χ4n) is 2.33.